The van der Waals surface area contributed by atoms with E-state index in [1.54, 1.807) is 0 Å². The lowest BCUT2D eigenvalue weighted by Gasteiger charge is -2.43. The summed E-state index contributed by atoms with van der Waals surface area (Å²) in [4.78, 5) is 0. The zero-order valence-electron chi connectivity index (χ0n) is 42.7. The molecule has 13 rings (SSSR count). The molecule has 2 nitrogen and oxygen atoms in total. The first kappa shape index (κ1) is 42.8. The van der Waals surface area contributed by atoms with Crippen molar-refractivity contribution in [1.29, 1.82) is 0 Å². The normalized spacial score (nSPS) is 18.2. The van der Waals surface area contributed by atoms with E-state index >= 15 is 0 Å². The van der Waals surface area contributed by atoms with Crippen LogP contribution in [0.15, 0.2) is 133 Å². The average Bonchev–Trinajstić information content (AvgIpc) is 3.80. The Balaban J connectivity index is 1.24. The lowest BCUT2D eigenvalue weighted by atomic mass is 9.55. The Bertz CT molecular complexity index is 3700. The number of aromatic nitrogens is 1. The van der Waals surface area contributed by atoms with Crippen molar-refractivity contribution in [1.82, 2.24) is 4.57 Å². The van der Waals surface area contributed by atoms with Crippen molar-refractivity contribution < 1.29 is 0 Å². The Labute approximate surface area is 410 Å². The fourth-order valence-electron chi connectivity index (χ4n) is 13.8. The van der Waals surface area contributed by atoms with Gasteiger partial charge in [0.1, 0.15) is 0 Å². The van der Waals surface area contributed by atoms with Crippen LogP contribution in [-0.2, 0) is 27.1 Å². The lowest BCUT2D eigenvalue weighted by Crippen LogP contribution is -2.41. The molecule has 0 bridgehead atoms. The first-order valence-corrected chi connectivity index (χ1v) is 25.8. The van der Waals surface area contributed by atoms with E-state index in [2.05, 4.69) is 220 Å². The fraction of sp³-hybridized carbons (Fsp3) is 0.303. The number of fused-ring (bicyclic) bond motifs is 12. The van der Waals surface area contributed by atoms with Crippen LogP contribution in [0.2, 0.25) is 0 Å². The average molecular weight is 897 g/mol. The van der Waals surface area contributed by atoms with E-state index in [1.165, 1.54) is 140 Å². The van der Waals surface area contributed by atoms with E-state index in [0.717, 1.165) is 25.8 Å². The number of hydrogen-bond donors (Lipinski definition) is 1. The number of rotatable bonds is 4. The molecule has 2 heterocycles. The van der Waals surface area contributed by atoms with Gasteiger partial charge in [0.05, 0.1) is 5.52 Å². The summed E-state index contributed by atoms with van der Waals surface area (Å²) in [5.74, 6) is 0. The lowest BCUT2D eigenvalue weighted by molar-refractivity contribution is 0.332. The van der Waals surface area contributed by atoms with Gasteiger partial charge in [-0.15, -0.1) is 0 Å². The number of nitrogens with one attached hydrogen (secondary N) is 1. The molecule has 0 fully saturated rings. The summed E-state index contributed by atoms with van der Waals surface area (Å²) in [6, 6.07) is 52.4. The number of nitrogens with zero attached hydrogens (tertiary/aromatic N) is 1. The quantitative estimate of drug-likeness (QED) is 0.174. The van der Waals surface area contributed by atoms with Crippen molar-refractivity contribution in [3.8, 4) is 39.1 Å². The molecule has 0 unspecified atom stereocenters. The van der Waals surface area contributed by atoms with Gasteiger partial charge in [-0.2, -0.15) is 0 Å². The van der Waals surface area contributed by atoms with Crippen LogP contribution in [0.4, 0.5) is 11.4 Å². The van der Waals surface area contributed by atoms with Crippen LogP contribution in [0, 0.1) is 6.92 Å². The SMILES string of the molecule is Cc1ccc(Nc2cc3c(cc2-c2cc(-c4cccc5c4-c4ccccc4C5(C)C)c4c5c6ccccc6ccc5n5c4c2Bc2cc4c(cc2-5)C(C)(C)CCC4(C)C)C(C)(C)CCC3(C)C)cc1. The molecular weight excluding hydrogens is 832 g/mol. The van der Waals surface area contributed by atoms with Gasteiger partial charge in [-0.05, 0) is 174 Å². The first-order valence-electron chi connectivity index (χ1n) is 25.8. The third-order valence-electron chi connectivity index (χ3n) is 18.2. The maximum Gasteiger partial charge on any atom is 0.198 e. The van der Waals surface area contributed by atoms with Crippen LogP contribution in [0.3, 0.4) is 0 Å². The van der Waals surface area contributed by atoms with Gasteiger partial charge in [-0.25, -0.2) is 0 Å². The van der Waals surface area contributed by atoms with E-state index in [-0.39, 0.29) is 27.1 Å². The molecule has 0 radical (unpaired) electrons. The zero-order valence-corrected chi connectivity index (χ0v) is 42.7. The minimum absolute atomic E-state index is 0.0273. The Morgan fingerprint density at radius 2 is 1.09 bits per heavy atom. The predicted octanol–water partition coefficient (Wildman–Crippen LogP) is 16.0. The Morgan fingerprint density at radius 1 is 0.478 bits per heavy atom. The molecule has 9 aromatic rings. The fourth-order valence-corrected chi connectivity index (χ4v) is 13.8. The van der Waals surface area contributed by atoms with Crippen LogP contribution in [-0.4, -0.2) is 11.8 Å². The van der Waals surface area contributed by atoms with E-state index in [4.69, 9.17) is 0 Å². The second-order valence-electron chi connectivity index (χ2n) is 24.8. The van der Waals surface area contributed by atoms with E-state index in [0.29, 0.717) is 0 Å². The van der Waals surface area contributed by atoms with Crippen molar-refractivity contribution in [3.63, 3.8) is 0 Å². The van der Waals surface area contributed by atoms with Crippen LogP contribution in [0.25, 0.3) is 71.6 Å². The maximum absolute atomic E-state index is 4.09. The number of anilines is 2. The number of aryl methyl sites for hydroxylation is 1. The van der Waals surface area contributed by atoms with Gasteiger partial charge >= 0.3 is 0 Å². The first-order chi connectivity index (χ1) is 32.8. The van der Waals surface area contributed by atoms with Gasteiger partial charge in [-0.3, -0.25) is 0 Å². The Morgan fingerprint density at radius 3 is 1.81 bits per heavy atom. The molecule has 0 saturated carbocycles. The minimum Gasteiger partial charge on any atom is -0.355 e. The van der Waals surface area contributed by atoms with Gasteiger partial charge in [-0.1, -0.05) is 171 Å². The van der Waals surface area contributed by atoms with Gasteiger partial charge in [0, 0.05) is 44.3 Å². The van der Waals surface area contributed by atoms with Gasteiger partial charge in [0.2, 0.25) is 0 Å². The second-order valence-corrected chi connectivity index (χ2v) is 24.8. The highest BCUT2D eigenvalue weighted by molar-refractivity contribution is 6.74. The smallest absolute Gasteiger partial charge is 0.198 e. The van der Waals surface area contributed by atoms with Gasteiger partial charge in [0.25, 0.3) is 0 Å². The molecule has 3 aliphatic carbocycles. The van der Waals surface area contributed by atoms with Crippen molar-refractivity contribution in [2.24, 2.45) is 0 Å². The highest BCUT2D eigenvalue weighted by Crippen LogP contribution is 2.56. The van der Waals surface area contributed by atoms with Crippen LogP contribution >= 0.6 is 0 Å². The summed E-state index contributed by atoms with van der Waals surface area (Å²) in [5.41, 5.74) is 27.3. The molecule has 1 N–H and O–H groups in total. The Hall–Kier alpha value is -6.32. The summed E-state index contributed by atoms with van der Waals surface area (Å²) < 4.78 is 2.73. The van der Waals surface area contributed by atoms with Crippen LogP contribution < -0.4 is 16.2 Å². The van der Waals surface area contributed by atoms with E-state index in [9.17, 15) is 0 Å². The predicted molar refractivity (Wildman–Crippen MR) is 298 cm³/mol. The van der Waals surface area contributed by atoms with Crippen LogP contribution in [0.5, 0.6) is 0 Å². The van der Waals surface area contributed by atoms with Gasteiger partial charge in [0.15, 0.2) is 7.28 Å². The highest BCUT2D eigenvalue weighted by atomic mass is 15.0. The molecule has 1 aromatic heterocycles. The number of benzene rings is 8. The topological polar surface area (TPSA) is 17.0 Å². The molecule has 0 amide bonds. The Kier molecular flexibility index (Phi) is 8.77. The summed E-state index contributed by atoms with van der Waals surface area (Å²) in [6.07, 6.45) is 4.70. The molecule has 69 heavy (non-hydrogen) atoms. The third kappa shape index (κ3) is 6.04. The second kappa shape index (κ2) is 14.2. The van der Waals surface area contributed by atoms with Crippen molar-refractivity contribution in [2.45, 2.75) is 129 Å². The molecule has 4 aliphatic rings. The maximum atomic E-state index is 4.09. The molecule has 342 valence electrons. The van der Waals surface area contributed by atoms with Crippen LogP contribution in [0.1, 0.15) is 134 Å². The molecular formula is C66H65BN2. The molecule has 1 aliphatic heterocycles. The van der Waals surface area contributed by atoms with Crippen molar-refractivity contribution in [2.75, 3.05) is 5.32 Å². The van der Waals surface area contributed by atoms with Gasteiger partial charge < -0.3 is 9.88 Å². The third-order valence-corrected chi connectivity index (χ3v) is 18.2. The largest absolute Gasteiger partial charge is 0.355 e. The molecule has 0 saturated heterocycles. The molecule has 8 aromatic carbocycles. The van der Waals surface area contributed by atoms with Crippen molar-refractivity contribution in [3.05, 3.63) is 172 Å². The zero-order chi connectivity index (χ0) is 47.7. The number of hydrogen-bond acceptors (Lipinski definition) is 1. The van der Waals surface area contributed by atoms with Crippen molar-refractivity contribution >= 4 is 62.2 Å². The molecule has 0 spiro atoms. The van der Waals surface area contributed by atoms with E-state index < -0.39 is 0 Å². The summed E-state index contributed by atoms with van der Waals surface area (Å²) >= 11 is 0. The highest BCUT2D eigenvalue weighted by Gasteiger charge is 2.42. The molecule has 0 atom stereocenters. The summed E-state index contributed by atoms with van der Waals surface area (Å²) in [7, 11) is 0.859. The van der Waals surface area contributed by atoms with E-state index in [1.807, 2.05) is 0 Å². The summed E-state index contributed by atoms with van der Waals surface area (Å²) in [6.45, 7) is 26.8. The monoisotopic (exact) mass is 897 g/mol. The molecule has 3 heteroatoms. The summed E-state index contributed by atoms with van der Waals surface area (Å²) in [5, 5.41) is 9.41. The minimum atomic E-state index is -0.128. The standard InChI is InChI=1S/C66H65BN2/c1-38-23-26-40(27-24-38)68-54-36-51-49(62(2,3)29-31-64(51,6)7)34-44(54)46-33-45(42-20-16-22-48-57(42)43-19-14-15-21-47(43)66(48,10)11)59-58-41-18-13-12-17-39(41)25-28-55(58)69-56-37-52-50(35-53(56)67-60(46)61(59)69)63(4,5)30-32-65(52,8)9/h12-28,33-37,67-68H,29-32H2,1-11H3.